The maximum atomic E-state index is 15.0. The maximum absolute atomic E-state index is 15.0. The molecule has 0 aliphatic rings. The molecule has 184 valence electrons. The van der Waals surface area contributed by atoms with Gasteiger partial charge in [-0.05, 0) is 61.9 Å². The molecule has 5 nitrogen and oxygen atoms in total. The fraction of sp³-hybridized carbons (Fsp3) is 0.208. The third-order valence-electron chi connectivity index (χ3n) is 5.25. The lowest BCUT2D eigenvalue weighted by Gasteiger charge is -2.14. The van der Waals surface area contributed by atoms with Gasteiger partial charge >= 0.3 is 6.18 Å². The van der Waals surface area contributed by atoms with Gasteiger partial charge in [0.2, 0.25) is 0 Å². The van der Waals surface area contributed by atoms with Crippen molar-refractivity contribution in [3.63, 3.8) is 0 Å². The molecule has 4 aromatic rings. The van der Waals surface area contributed by atoms with Gasteiger partial charge in [-0.2, -0.15) is 18.3 Å². The highest BCUT2D eigenvalue weighted by atomic mass is 32.2. The summed E-state index contributed by atoms with van der Waals surface area (Å²) in [5, 5.41) is 14.7. The molecule has 2 heterocycles. The van der Waals surface area contributed by atoms with E-state index < -0.39 is 38.7 Å². The van der Waals surface area contributed by atoms with Crippen LogP contribution in [0.15, 0.2) is 65.6 Å². The molecule has 1 N–H and O–H groups in total. The molecule has 0 fully saturated rings. The molecule has 0 radical (unpaired) electrons. The number of benzene rings is 2. The summed E-state index contributed by atoms with van der Waals surface area (Å²) in [6, 6.07) is 14.2. The first-order valence-corrected chi connectivity index (χ1v) is 13.0. The summed E-state index contributed by atoms with van der Waals surface area (Å²) in [4.78, 5) is 1.36. The molecule has 0 saturated heterocycles. The summed E-state index contributed by atoms with van der Waals surface area (Å²) >= 11 is 1.22. The molecule has 2 aromatic heterocycles. The van der Waals surface area contributed by atoms with Gasteiger partial charge in [0.05, 0.1) is 26.7 Å². The standard InChI is InChI=1S/C24H20F4N2O3S2/c1-23(2,31)21-13-18(30(29-21)17-9-5-8-16(22(17)25)24(26,27)28)20-11-10-19(34-20)14-6-4-7-15(12-14)35(3,32)33/h4-13,31H,1-3H3. The first-order chi connectivity index (χ1) is 16.2. The average molecular weight is 525 g/mol. The lowest BCUT2D eigenvalue weighted by Crippen LogP contribution is -2.17. The van der Waals surface area contributed by atoms with Gasteiger partial charge in [0.25, 0.3) is 0 Å². The summed E-state index contributed by atoms with van der Waals surface area (Å²) in [5.41, 5.74) is -2.25. The highest BCUT2D eigenvalue weighted by Gasteiger charge is 2.36. The van der Waals surface area contributed by atoms with E-state index >= 15 is 0 Å². The number of halogens is 4. The van der Waals surface area contributed by atoms with Crippen LogP contribution in [-0.2, 0) is 21.6 Å². The van der Waals surface area contributed by atoms with Gasteiger partial charge < -0.3 is 5.11 Å². The minimum atomic E-state index is -4.90. The van der Waals surface area contributed by atoms with E-state index in [1.165, 1.54) is 49.4 Å². The van der Waals surface area contributed by atoms with Gasteiger partial charge in [0.1, 0.15) is 11.3 Å². The molecule has 0 bridgehead atoms. The third-order valence-corrected chi connectivity index (χ3v) is 7.52. The summed E-state index contributed by atoms with van der Waals surface area (Å²) in [6.45, 7) is 2.92. The highest BCUT2D eigenvalue weighted by Crippen LogP contribution is 2.39. The summed E-state index contributed by atoms with van der Waals surface area (Å²) in [7, 11) is -3.43. The number of nitrogens with zero attached hydrogens (tertiary/aromatic N) is 2. The van der Waals surface area contributed by atoms with Crippen molar-refractivity contribution in [2.45, 2.75) is 30.5 Å². The van der Waals surface area contributed by atoms with E-state index in [9.17, 15) is 31.1 Å². The topological polar surface area (TPSA) is 72.2 Å². The number of hydrogen-bond acceptors (Lipinski definition) is 5. The van der Waals surface area contributed by atoms with Crippen molar-refractivity contribution in [3.8, 4) is 26.7 Å². The van der Waals surface area contributed by atoms with E-state index in [0.717, 1.165) is 17.0 Å². The fourth-order valence-corrected chi connectivity index (χ4v) is 5.12. The molecule has 0 aliphatic heterocycles. The fourth-order valence-electron chi connectivity index (χ4n) is 3.45. The van der Waals surface area contributed by atoms with E-state index in [0.29, 0.717) is 21.4 Å². The van der Waals surface area contributed by atoms with Gasteiger partial charge in [-0.1, -0.05) is 18.2 Å². The van der Waals surface area contributed by atoms with Crippen LogP contribution in [-0.4, -0.2) is 29.6 Å². The second kappa shape index (κ2) is 8.58. The second-order valence-electron chi connectivity index (χ2n) is 8.49. The Morgan fingerprint density at radius 2 is 1.63 bits per heavy atom. The lowest BCUT2D eigenvalue weighted by atomic mass is 10.1. The molecule has 0 saturated carbocycles. The van der Waals surface area contributed by atoms with Crippen molar-refractivity contribution in [2.24, 2.45) is 0 Å². The molecule has 4 rings (SSSR count). The predicted molar refractivity (Wildman–Crippen MR) is 126 cm³/mol. The predicted octanol–water partition coefficient (Wildman–Crippen LogP) is 6.06. The Kier molecular flexibility index (Phi) is 6.15. The van der Waals surface area contributed by atoms with Crippen LogP contribution in [0.5, 0.6) is 0 Å². The SMILES string of the molecule is CC(C)(O)c1cc(-c2ccc(-c3cccc(S(C)(=O)=O)c3)s2)n(-c2cccc(C(F)(F)F)c2F)n1. The summed E-state index contributed by atoms with van der Waals surface area (Å²) in [6.07, 6.45) is -3.79. The summed E-state index contributed by atoms with van der Waals surface area (Å²) < 4.78 is 79.8. The quantitative estimate of drug-likeness (QED) is 0.322. The molecular formula is C24H20F4N2O3S2. The first-order valence-electron chi connectivity index (χ1n) is 10.3. The molecule has 2 aromatic carbocycles. The van der Waals surface area contributed by atoms with Crippen LogP contribution in [0, 0.1) is 5.82 Å². The van der Waals surface area contributed by atoms with E-state index in [2.05, 4.69) is 5.10 Å². The number of hydrogen-bond donors (Lipinski definition) is 1. The zero-order valence-electron chi connectivity index (χ0n) is 18.8. The number of aliphatic hydroxyl groups is 1. The smallest absolute Gasteiger partial charge is 0.384 e. The number of rotatable bonds is 5. The van der Waals surface area contributed by atoms with Gasteiger partial charge in [0.15, 0.2) is 15.7 Å². The Hall–Kier alpha value is -3.02. The van der Waals surface area contributed by atoms with Crippen LogP contribution < -0.4 is 0 Å². The van der Waals surface area contributed by atoms with Crippen molar-refractivity contribution in [1.29, 1.82) is 0 Å². The molecule has 0 unspecified atom stereocenters. The van der Waals surface area contributed by atoms with Crippen LogP contribution in [0.1, 0.15) is 25.1 Å². The Labute approximate surface area is 203 Å². The van der Waals surface area contributed by atoms with Crippen LogP contribution in [0.2, 0.25) is 0 Å². The van der Waals surface area contributed by atoms with Crippen molar-refractivity contribution in [3.05, 3.63) is 77.7 Å². The zero-order valence-corrected chi connectivity index (χ0v) is 20.4. The van der Waals surface area contributed by atoms with Crippen LogP contribution >= 0.6 is 11.3 Å². The van der Waals surface area contributed by atoms with Gasteiger partial charge in [0, 0.05) is 11.1 Å². The largest absolute Gasteiger partial charge is 0.419 e. The van der Waals surface area contributed by atoms with Crippen molar-refractivity contribution >= 4 is 21.2 Å². The lowest BCUT2D eigenvalue weighted by molar-refractivity contribution is -0.140. The number of thiophene rings is 1. The van der Waals surface area contributed by atoms with Gasteiger partial charge in [-0.15, -0.1) is 11.3 Å². The Morgan fingerprint density at radius 3 is 2.26 bits per heavy atom. The van der Waals surface area contributed by atoms with Crippen LogP contribution in [0.25, 0.3) is 26.7 Å². The Morgan fingerprint density at radius 1 is 0.971 bits per heavy atom. The van der Waals surface area contributed by atoms with Gasteiger partial charge in [-0.3, -0.25) is 0 Å². The Bertz CT molecular complexity index is 1510. The monoisotopic (exact) mass is 524 g/mol. The first kappa shape index (κ1) is 25.1. The second-order valence-corrected chi connectivity index (χ2v) is 11.6. The molecule has 35 heavy (non-hydrogen) atoms. The normalized spacial score (nSPS) is 12.8. The Balaban J connectivity index is 1.88. The molecule has 0 spiro atoms. The molecule has 11 heteroatoms. The van der Waals surface area contributed by atoms with Crippen LogP contribution in [0.4, 0.5) is 17.6 Å². The van der Waals surface area contributed by atoms with E-state index in [-0.39, 0.29) is 16.3 Å². The molecule has 0 atom stereocenters. The highest BCUT2D eigenvalue weighted by molar-refractivity contribution is 7.90. The third kappa shape index (κ3) is 5.02. The number of aromatic nitrogens is 2. The number of alkyl halides is 3. The minimum Gasteiger partial charge on any atom is -0.384 e. The van der Waals surface area contributed by atoms with E-state index in [1.54, 1.807) is 24.3 Å². The van der Waals surface area contributed by atoms with Crippen LogP contribution in [0.3, 0.4) is 0 Å². The number of sulfone groups is 1. The molecular weight excluding hydrogens is 504 g/mol. The average Bonchev–Trinajstić information content (AvgIpc) is 3.40. The van der Waals surface area contributed by atoms with Crippen molar-refractivity contribution in [1.82, 2.24) is 9.78 Å². The zero-order chi connectivity index (χ0) is 25.8. The minimum absolute atomic E-state index is 0.137. The van der Waals surface area contributed by atoms with Crippen molar-refractivity contribution < 1.29 is 31.1 Å². The van der Waals surface area contributed by atoms with E-state index in [4.69, 9.17) is 0 Å². The molecule has 0 aliphatic carbocycles. The van der Waals surface area contributed by atoms with Gasteiger partial charge in [-0.25, -0.2) is 17.5 Å². The maximum Gasteiger partial charge on any atom is 0.419 e. The summed E-state index contributed by atoms with van der Waals surface area (Å²) in [5.74, 6) is -1.48. The van der Waals surface area contributed by atoms with Crippen molar-refractivity contribution in [2.75, 3.05) is 6.26 Å². The van der Waals surface area contributed by atoms with E-state index in [1.807, 2.05) is 0 Å². The molecule has 0 amide bonds.